The zero-order valence-corrected chi connectivity index (χ0v) is 14.8. The monoisotopic (exact) mass is 397 g/mol. The van der Waals surface area contributed by atoms with Crippen molar-refractivity contribution in [1.29, 1.82) is 0 Å². The Morgan fingerprint density at radius 2 is 2.00 bits per heavy atom. The van der Waals surface area contributed by atoms with Gasteiger partial charge in [-0.2, -0.15) is 13.2 Å². The molecule has 0 aliphatic rings. The summed E-state index contributed by atoms with van der Waals surface area (Å²) in [5.41, 5.74) is 1.34. The Kier molecular flexibility index (Phi) is 6.26. The van der Waals surface area contributed by atoms with Crippen LogP contribution in [0.3, 0.4) is 0 Å². The molecule has 23 heavy (non-hydrogen) atoms. The molecule has 1 heterocycles. The number of alkyl halides is 3. The molecule has 0 saturated heterocycles. The molecule has 0 N–H and O–H groups in total. The first-order valence-corrected chi connectivity index (χ1v) is 8.37. The number of rotatable bonds is 4. The third-order valence-electron chi connectivity index (χ3n) is 2.48. The van der Waals surface area contributed by atoms with E-state index in [1.54, 1.807) is 12.3 Å². The normalized spacial score (nSPS) is 12.5. The van der Waals surface area contributed by atoms with Crippen molar-refractivity contribution in [2.75, 3.05) is 5.75 Å². The fraction of sp³-hybridized carbons (Fsp3) is 0.154. The molecule has 0 aliphatic carbocycles. The molecule has 0 spiro atoms. The van der Waals surface area contributed by atoms with Gasteiger partial charge in [0.2, 0.25) is 0 Å². The SMILES string of the molecule is FC(F)(F)CSc1cc(N=C(P)c2ccncn2)c(Cl)cc1Cl. The van der Waals surface area contributed by atoms with E-state index in [1.807, 2.05) is 0 Å². The van der Waals surface area contributed by atoms with Gasteiger partial charge in [-0.05, 0) is 18.2 Å². The Balaban J connectivity index is 2.32. The maximum Gasteiger partial charge on any atom is 0.398 e. The number of benzene rings is 1. The van der Waals surface area contributed by atoms with Gasteiger partial charge >= 0.3 is 6.18 Å². The first-order chi connectivity index (χ1) is 10.8. The van der Waals surface area contributed by atoms with Crippen molar-refractivity contribution in [2.45, 2.75) is 11.1 Å². The number of aromatic nitrogens is 2. The lowest BCUT2D eigenvalue weighted by Crippen LogP contribution is -2.10. The highest BCUT2D eigenvalue weighted by molar-refractivity contribution is 7.99. The van der Waals surface area contributed by atoms with Crippen molar-refractivity contribution in [3.05, 3.63) is 46.5 Å². The van der Waals surface area contributed by atoms with Crippen molar-refractivity contribution in [2.24, 2.45) is 4.99 Å². The first kappa shape index (κ1) is 18.5. The van der Waals surface area contributed by atoms with Gasteiger partial charge in [-0.25, -0.2) is 15.0 Å². The zero-order valence-electron chi connectivity index (χ0n) is 11.3. The molecule has 10 heteroatoms. The van der Waals surface area contributed by atoms with Crippen molar-refractivity contribution >= 4 is 55.3 Å². The number of thioether (sulfide) groups is 1. The predicted molar refractivity (Wildman–Crippen MR) is 91.2 cm³/mol. The van der Waals surface area contributed by atoms with E-state index < -0.39 is 11.9 Å². The summed E-state index contributed by atoms with van der Waals surface area (Å²) in [6.07, 6.45) is -1.37. The summed E-state index contributed by atoms with van der Waals surface area (Å²) in [4.78, 5) is 12.4. The van der Waals surface area contributed by atoms with Gasteiger partial charge in [-0.1, -0.05) is 32.4 Å². The minimum atomic E-state index is -4.29. The number of nitrogens with zero attached hydrogens (tertiary/aromatic N) is 3. The molecule has 0 radical (unpaired) electrons. The Bertz CT molecular complexity index is 726. The molecule has 3 nitrogen and oxygen atoms in total. The van der Waals surface area contributed by atoms with Crippen LogP contribution in [0.5, 0.6) is 0 Å². The van der Waals surface area contributed by atoms with Crippen molar-refractivity contribution in [3.8, 4) is 0 Å². The van der Waals surface area contributed by atoms with E-state index in [2.05, 4.69) is 24.2 Å². The van der Waals surface area contributed by atoms with Gasteiger partial charge in [0.05, 0.1) is 32.6 Å². The second kappa shape index (κ2) is 7.79. The molecule has 0 bridgehead atoms. The van der Waals surface area contributed by atoms with Gasteiger partial charge in [0.15, 0.2) is 0 Å². The van der Waals surface area contributed by atoms with E-state index in [4.69, 9.17) is 23.2 Å². The van der Waals surface area contributed by atoms with Crippen molar-refractivity contribution < 1.29 is 13.2 Å². The summed E-state index contributed by atoms with van der Waals surface area (Å²) in [6, 6.07) is 4.44. The van der Waals surface area contributed by atoms with E-state index in [1.165, 1.54) is 18.5 Å². The van der Waals surface area contributed by atoms with Gasteiger partial charge in [0.1, 0.15) is 6.33 Å². The van der Waals surface area contributed by atoms with Crippen LogP contribution in [0.1, 0.15) is 5.69 Å². The van der Waals surface area contributed by atoms with Gasteiger partial charge in [0, 0.05) is 11.1 Å². The van der Waals surface area contributed by atoms with Crippen LogP contribution in [0.15, 0.2) is 40.6 Å². The summed E-state index contributed by atoms with van der Waals surface area (Å²) in [5, 5.41) is 0.385. The first-order valence-electron chi connectivity index (χ1n) is 6.05. The van der Waals surface area contributed by atoms with E-state index >= 15 is 0 Å². The molecular weight excluding hydrogens is 389 g/mol. The molecule has 0 saturated carbocycles. The summed E-state index contributed by atoms with van der Waals surface area (Å²) in [7, 11) is 2.40. The Hall–Kier alpha value is -0.880. The standard InChI is InChI=1S/C13H9Cl2F3N3PS/c14-7-3-8(15)11(23-5-13(16,17)18)4-10(7)21-12(22)9-1-2-19-6-20-9/h1-4,6H,5,22H2. The highest BCUT2D eigenvalue weighted by Crippen LogP contribution is 2.38. The van der Waals surface area contributed by atoms with Crippen LogP contribution in [0, 0.1) is 0 Å². The molecule has 2 rings (SSSR count). The third kappa shape index (κ3) is 5.60. The van der Waals surface area contributed by atoms with Crippen LogP contribution < -0.4 is 0 Å². The van der Waals surface area contributed by atoms with E-state index in [9.17, 15) is 13.2 Å². The number of halogens is 5. The van der Waals surface area contributed by atoms with E-state index in [-0.39, 0.29) is 14.9 Å². The minimum absolute atomic E-state index is 0.149. The fourth-order valence-electron chi connectivity index (χ4n) is 1.50. The van der Waals surface area contributed by atoms with Gasteiger partial charge in [-0.3, -0.25) is 0 Å². The highest BCUT2D eigenvalue weighted by Gasteiger charge is 2.27. The van der Waals surface area contributed by atoms with Crippen molar-refractivity contribution in [1.82, 2.24) is 9.97 Å². The van der Waals surface area contributed by atoms with Crippen LogP contribution in [0.2, 0.25) is 10.0 Å². The summed E-state index contributed by atoms with van der Waals surface area (Å²) >= 11 is 12.6. The van der Waals surface area contributed by atoms with Crippen LogP contribution in [-0.2, 0) is 0 Å². The lowest BCUT2D eigenvalue weighted by Gasteiger charge is -2.09. The fourth-order valence-corrected chi connectivity index (χ4v) is 3.11. The zero-order chi connectivity index (χ0) is 17.0. The average molecular weight is 398 g/mol. The molecule has 0 amide bonds. The molecule has 0 aliphatic heterocycles. The van der Waals surface area contributed by atoms with Gasteiger partial charge in [0.25, 0.3) is 0 Å². The predicted octanol–water partition coefficient (Wildman–Crippen LogP) is 5.39. The Morgan fingerprint density at radius 1 is 1.26 bits per heavy atom. The van der Waals surface area contributed by atoms with Gasteiger partial charge < -0.3 is 0 Å². The summed E-state index contributed by atoms with van der Waals surface area (Å²) in [5.74, 6) is -1.04. The second-order valence-corrected chi connectivity index (χ2v) is 6.61. The largest absolute Gasteiger partial charge is 0.398 e. The molecule has 1 atom stereocenters. The number of hydrogen-bond donors (Lipinski definition) is 0. The minimum Gasteiger partial charge on any atom is -0.245 e. The highest BCUT2D eigenvalue weighted by atomic mass is 35.5. The summed E-state index contributed by atoms with van der Waals surface area (Å²) in [6.45, 7) is 0. The smallest absolute Gasteiger partial charge is 0.245 e. The van der Waals surface area contributed by atoms with Crippen LogP contribution in [0.4, 0.5) is 18.9 Å². The van der Waals surface area contributed by atoms with E-state index in [0.29, 0.717) is 28.6 Å². The molecule has 0 fully saturated rings. The average Bonchev–Trinajstić information content (AvgIpc) is 2.48. The maximum absolute atomic E-state index is 12.3. The molecule has 1 aromatic heterocycles. The molecule has 122 valence electrons. The van der Waals surface area contributed by atoms with Gasteiger partial charge in [-0.15, -0.1) is 11.8 Å². The lowest BCUT2D eigenvalue weighted by molar-refractivity contribution is -0.105. The number of aliphatic imine (C=N–C) groups is 1. The van der Waals surface area contributed by atoms with Crippen LogP contribution in [0.25, 0.3) is 0 Å². The Morgan fingerprint density at radius 3 is 2.61 bits per heavy atom. The van der Waals surface area contributed by atoms with E-state index in [0.717, 1.165) is 0 Å². The second-order valence-electron chi connectivity index (χ2n) is 4.23. The molecule has 1 aromatic carbocycles. The summed E-state index contributed by atoms with van der Waals surface area (Å²) < 4.78 is 37.0. The Labute approximate surface area is 146 Å². The van der Waals surface area contributed by atoms with Crippen LogP contribution in [-0.4, -0.2) is 27.3 Å². The van der Waals surface area contributed by atoms with Crippen molar-refractivity contribution in [3.63, 3.8) is 0 Å². The number of hydrogen-bond acceptors (Lipinski definition) is 4. The third-order valence-corrected chi connectivity index (χ3v) is 4.75. The molecule has 2 aromatic rings. The quantitative estimate of drug-likeness (QED) is 0.394. The maximum atomic E-state index is 12.3. The lowest BCUT2D eigenvalue weighted by atomic mass is 10.3. The topological polar surface area (TPSA) is 38.1 Å². The van der Waals surface area contributed by atoms with Crippen LogP contribution >= 0.6 is 44.2 Å². The molecule has 1 unspecified atom stereocenters. The molecular formula is C13H9Cl2F3N3PS.